The minimum atomic E-state index is -0.955. The molecule has 0 unspecified atom stereocenters. The Kier molecular flexibility index (Phi) is 3.39. The first-order chi connectivity index (χ1) is 8.15. The molecule has 0 saturated carbocycles. The molecular formula is C12H11NO3S. The van der Waals surface area contributed by atoms with Crippen LogP contribution in [0.4, 0.5) is 0 Å². The lowest BCUT2D eigenvalue weighted by Gasteiger charge is -2.03. The molecular weight excluding hydrogens is 238 g/mol. The fraction of sp³-hybridized carbons (Fsp3) is 0.167. The number of hydrogen-bond acceptors (Lipinski definition) is 4. The van der Waals surface area contributed by atoms with Crippen LogP contribution >= 0.6 is 11.5 Å². The predicted octanol–water partition coefficient (Wildman–Crippen LogP) is 2.73. The van der Waals surface area contributed by atoms with E-state index in [9.17, 15) is 4.79 Å². The monoisotopic (exact) mass is 249 g/mol. The number of aromatic nitrogens is 1. The van der Waals surface area contributed by atoms with Crippen molar-refractivity contribution >= 4 is 17.5 Å². The van der Waals surface area contributed by atoms with Gasteiger partial charge in [0.05, 0.1) is 5.69 Å². The molecule has 1 aromatic heterocycles. The highest BCUT2D eigenvalue weighted by molar-refractivity contribution is 7.08. The molecule has 0 amide bonds. The molecule has 1 N–H and O–H groups in total. The Bertz CT molecular complexity index is 519. The smallest absolute Gasteiger partial charge is 0.347 e. The fourth-order valence-corrected chi connectivity index (χ4v) is 1.86. The number of aromatic carboxylic acids is 1. The summed E-state index contributed by atoms with van der Waals surface area (Å²) in [5.41, 5.74) is 1.80. The summed E-state index contributed by atoms with van der Waals surface area (Å²) in [7, 11) is 0. The average Bonchev–Trinajstić information content (AvgIpc) is 2.77. The van der Waals surface area contributed by atoms with E-state index in [4.69, 9.17) is 9.84 Å². The Morgan fingerprint density at radius 3 is 2.71 bits per heavy atom. The summed E-state index contributed by atoms with van der Waals surface area (Å²) in [6.07, 6.45) is 0. The van der Waals surface area contributed by atoms with Crippen LogP contribution in [0.15, 0.2) is 30.3 Å². The largest absolute Gasteiger partial charge is 0.487 e. The molecule has 1 aromatic carbocycles. The topological polar surface area (TPSA) is 59.4 Å². The molecule has 88 valence electrons. The second kappa shape index (κ2) is 4.97. The van der Waals surface area contributed by atoms with Crippen LogP contribution in [0.3, 0.4) is 0 Å². The van der Waals surface area contributed by atoms with Crippen molar-refractivity contribution in [2.75, 3.05) is 0 Å². The minimum Gasteiger partial charge on any atom is -0.487 e. The Balaban J connectivity index is 1.97. The molecule has 0 fully saturated rings. The van der Waals surface area contributed by atoms with Crippen molar-refractivity contribution in [3.8, 4) is 5.75 Å². The first kappa shape index (κ1) is 11.6. The van der Waals surface area contributed by atoms with Crippen LogP contribution in [0.1, 0.15) is 20.9 Å². The van der Waals surface area contributed by atoms with Gasteiger partial charge in [-0.2, -0.15) is 4.37 Å². The Morgan fingerprint density at radius 2 is 2.12 bits per heavy atom. The quantitative estimate of drug-likeness (QED) is 0.905. The highest BCUT2D eigenvalue weighted by Crippen LogP contribution is 2.15. The number of carbonyl (C=O) groups is 1. The Morgan fingerprint density at radius 1 is 1.41 bits per heavy atom. The van der Waals surface area contributed by atoms with E-state index in [2.05, 4.69) is 4.37 Å². The van der Waals surface area contributed by atoms with Crippen molar-refractivity contribution in [2.45, 2.75) is 13.5 Å². The predicted molar refractivity (Wildman–Crippen MR) is 64.6 cm³/mol. The lowest BCUT2D eigenvalue weighted by atomic mass is 10.2. The molecule has 0 radical (unpaired) electrons. The number of nitrogens with zero attached hydrogens (tertiary/aromatic N) is 1. The normalized spacial score (nSPS) is 10.2. The zero-order valence-electron chi connectivity index (χ0n) is 9.21. The molecule has 0 spiro atoms. The van der Waals surface area contributed by atoms with Crippen molar-refractivity contribution in [1.82, 2.24) is 4.37 Å². The molecule has 5 heteroatoms. The summed E-state index contributed by atoms with van der Waals surface area (Å²) < 4.78 is 9.50. The van der Waals surface area contributed by atoms with E-state index in [-0.39, 0.29) is 11.5 Å². The number of rotatable bonds is 4. The fourth-order valence-electron chi connectivity index (χ4n) is 1.27. The summed E-state index contributed by atoms with van der Waals surface area (Å²) in [6.45, 7) is 2.29. The van der Waals surface area contributed by atoms with E-state index in [1.54, 1.807) is 0 Å². The maximum atomic E-state index is 10.7. The summed E-state index contributed by atoms with van der Waals surface area (Å²) in [4.78, 5) is 10.9. The second-order valence-corrected chi connectivity index (χ2v) is 4.39. The number of carboxylic acid groups (broad SMARTS) is 1. The van der Waals surface area contributed by atoms with E-state index < -0.39 is 5.97 Å². The van der Waals surface area contributed by atoms with Crippen LogP contribution in [-0.2, 0) is 6.61 Å². The van der Waals surface area contributed by atoms with E-state index in [1.807, 2.05) is 31.2 Å². The summed E-state index contributed by atoms with van der Waals surface area (Å²) in [6, 6.07) is 9.19. The van der Waals surface area contributed by atoms with Gasteiger partial charge in [-0.3, -0.25) is 0 Å². The molecule has 0 aliphatic heterocycles. The molecule has 2 aromatic rings. The average molecular weight is 249 g/mol. The maximum absolute atomic E-state index is 10.7. The Labute approximate surface area is 103 Å². The van der Waals surface area contributed by atoms with Gasteiger partial charge < -0.3 is 9.84 Å². The zero-order valence-corrected chi connectivity index (χ0v) is 10.0. The van der Waals surface area contributed by atoms with E-state index in [0.717, 1.165) is 17.3 Å². The second-order valence-electron chi connectivity index (χ2n) is 3.59. The molecule has 17 heavy (non-hydrogen) atoms. The standard InChI is InChI=1S/C12H11NO3S/c1-8-2-4-10(5-3-8)16-7-9-6-11(12(14)15)17-13-9/h2-6H,7H2,1H3,(H,14,15). The van der Waals surface area contributed by atoms with Gasteiger partial charge >= 0.3 is 5.97 Å². The van der Waals surface area contributed by atoms with E-state index in [1.165, 1.54) is 11.6 Å². The molecule has 0 saturated heterocycles. The SMILES string of the molecule is Cc1ccc(OCc2cc(C(=O)O)sn2)cc1. The van der Waals surface area contributed by atoms with Gasteiger partial charge in [0.1, 0.15) is 17.2 Å². The van der Waals surface area contributed by atoms with Crippen molar-refractivity contribution in [3.05, 3.63) is 46.5 Å². The van der Waals surface area contributed by atoms with E-state index in [0.29, 0.717) is 5.69 Å². The lowest BCUT2D eigenvalue weighted by Crippen LogP contribution is -1.96. The van der Waals surface area contributed by atoms with Gasteiger partial charge in [-0.25, -0.2) is 4.79 Å². The van der Waals surface area contributed by atoms with Gasteiger partial charge in [0.15, 0.2) is 0 Å². The van der Waals surface area contributed by atoms with Crippen LogP contribution in [-0.4, -0.2) is 15.4 Å². The Hall–Kier alpha value is -1.88. The lowest BCUT2D eigenvalue weighted by molar-refractivity contribution is 0.0702. The third-order valence-electron chi connectivity index (χ3n) is 2.18. The summed E-state index contributed by atoms with van der Waals surface area (Å²) in [5, 5.41) is 8.74. The van der Waals surface area contributed by atoms with Gasteiger partial charge in [-0.15, -0.1) is 0 Å². The zero-order chi connectivity index (χ0) is 12.3. The summed E-state index contributed by atoms with van der Waals surface area (Å²) >= 11 is 0.966. The summed E-state index contributed by atoms with van der Waals surface area (Å²) in [5.74, 6) is -0.204. The maximum Gasteiger partial charge on any atom is 0.347 e. The number of aryl methyl sites for hydroxylation is 1. The molecule has 0 bridgehead atoms. The molecule has 2 rings (SSSR count). The first-order valence-corrected chi connectivity index (χ1v) is 5.81. The molecule has 1 heterocycles. The van der Waals surface area contributed by atoms with Crippen molar-refractivity contribution in [2.24, 2.45) is 0 Å². The van der Waals surface area contributed by atoms with Gasteiger partial charge in [-0.1, -0.05) is 17.7 Å². The number of ether oxygens (including phenoxy) is 1. The molecule has 0 aliphatic carbocycles. The van der Waals surface area contributed by atoms with Crippen LogP contribution in [0.2, 0.25) is 0 Å². The number of benzene rings is 1. The van der Waals surface area contributed by atoms with E-state index >= 15 is 0 Å². The third kappa shape index (κ3) is 3.04. The molecule has 4 nitrogen and oxygen atoms in total. The van der Waals surface area contributed by atoms with Crippen molar-refractivity contribution in [1.29, 1.82) is 0 Å². The van der Waals surface area contributed by atoms with Crippen LogP contribution in [0.25, 0.3) is 0 Å². The van der Waals surface area contributed by atoms with Crippen LogP contribution in [0.5, 0.6) is 5.75 Å². The third-order valence-corrected chi connectivity index (χ3v) is 2.99. The van der Waals surface area contributed by atoms with Crippen LogP contribution < -0.4 is 4.74 Å². The van der Waals surface area contributed by atoms with Gasteiger partial charge in [-0.05, 0) is 36.7 Å². The molecule has 0 aliphatic rings. The van der Waals surface area contributed by atoms with Crippen molar-refractivity contribution < 1.29 is 14.6 Å². The highest BCUT2D eigenvalue weighted by atomic mass is 32.1. The highest BCUT2D eigenvalue weighted by Gasteiger charge is 2.08. The van der Waals surface area contributed by atoms with Crippen LogP contribution in [0, 0.1) is 6.92 Å². The number of carboxylic acids is 1. The molecule has 0 atom stereocenters. The van der Waals surface area contributed by atoms with Gasteiger partial charge in [0.2, 0.25) is 0 Å². The van der Waals surface area contributed by atoms with Crippen molar-refractivity contribution in [3.63, 3.8) is 0 Å². The van der Waals surface area contributed by atoms with Gasteiger partial charge in [0, 0.05) is 0 Å². The first-order valence-electron chi connectivity index (χ1n) is 5.03. The number of hydrogen-bond donors (Lipinski definition) is 1. The minimum absolute atomic E-state index is 0.229. The van der Waals surface area contributed by atoms with Gasteiger partial charge in [0.25, 0.3) is 0 Å².